The third kappa shape index (κ3) is 2.06. The predicted octanol–water partition coefficient (Wildman–Crippen LogP) is -0.180. The van der Waals surface area contributed by atoms with E-state index < -0.39 is 0 Å². The van der Waals surface area contributed by atoms with E-state index in [1.165, 1.54) is 0 Å². The van der Waals surface area contributed by atoms with Gasteiger partial charge < -0.3 is 10.1 Å². The molecule has 2 saturated heterocycles. The Balaban J connectivity index is 1.93. The molecule has 2 aliphatic rings. The normalized spacial score (nSPS) is 31.2. The van der Waals surface area contributed by atoms with Crippen LogP contribution in [0.25, 0.3) is 0 Å². The number of piperazine rings is 1. The lowest BCUT2D eigenvalue weighted by molar-refractivity contribution is 0.134. The Labute approximate surface area is 84.8 Å². The fourth-order valence-electron chi connectivity index (χ4n) is 2.25. The van der Waals surface area contributed by atoms with Gasteiger partial charge in [0, 0.05) is 38.7 Å². The van der Waals surface area contributed by atoms with Gasteiger partial charge in [0.2, 0.25) is 0 Å². The second-order valence-corrected chi connectivity index (χ2v) is 3.98. The molecule has 2 fully saturated rings. The third-order valence-corrected chi connectivity index (χ3v) is 3.09. The highest BCUT2D eigenvalue weighted by molar-refractivity contribution is 4.98. The number of hydrogen-bond acceptors (Lipinski definition) is 4. The highest BCUT2D eigenvalue weighted by atomic mass is 16.5. The van der Waals surface area contributed by atoms with Crippen molar-refractivity contribution in [3.8, 4) is 6.07 Å². The van der Waals surface area contributed by atoms with Crippen LogP contribution >= 0.6 is 0 Å². The van der Waals surface area contributed by atoms with Crippen LogP contribution in [0.2, 0.25) is 0 Å². The van der Waals surface area contributed by atoms with E-state index in [1.54, 1.807) is 0 Å². The Hall–Kier alpha value is -0.630. The van der Waals surface area contributed by atoms with Crippen LogP contribution in [0.3, 0.4) is 0 Å². The van der Waals surface area contributed by atoms with Gasteiger partial charge in [0.25, 0.3) is 0 Å². The van der Waals surface area contributed by atoms with Crippen molar-refractivity contribution >= 4 is 0 Å². The molecule has 2 atom stereocenters. The molecule has 14 heavy (non-hydrogen) atoms. The lowest BCUT2D eigenvalue weighted by atomic mass is 9.98. The van der Waals surface area contributed by atoms with E-state index in [9.17, 15) is 5.26 Å². The standard InChI is InChI=1S/C10H17N3O/c11-7-10(9-1-6-14-8-9)13-4-2-12-3-5-13/h9-10,12H,1-6,8H2. The zero-order chi connectivity index (χ0) is 9.80. The highest BCUT2D eigenvalue weighted by Gasteiger charge is 2.30. The molecule has 0 bridgehead atoms. The highest BCUT2D eigenvalue weighted by Crippen LogP contribution is 2.20. The van der Waals surface area contributed by atoms with Gasteiger partial charge in [-0.1, -0.05) is 0 Å². The summed E-state index contributed by atoms with van der Waals surface area (Å²) in [6.07, 6.45) is 1.04. The molecule has 0 aliphatic carbocycles. The molecule has 0 aromatic rings. The van der Waals surface area contributed by atoms with Crippen molar-refractivity contribution in [2.45, 2.75) is 12.5 Å². The van der Waals surface area contributed by atoms with E-state index in [4.69, 9.17) is 4.74 Å². The van der Waals surface area contributed by atoms with Crippen molar-refractivity contribution in [1.82, 2.24) is 10.2 Å². The molecular formula is C10H17N3O. The van der Waals surface area contributed by atoms with Crippen LogP contribution in [0, 0.1) is 17.2 Å². The van der Waals surface area contributed by atoms with Crippen molar-refractivity contribution in [3.63, 3.8) is 0 Å². The molecule has 2 rings (SSSR count). The van der Waals surface area contributed by atoms with Crippen LogP contribution in [-0.4, -0.2) is 50.3 Å². The van der Waals surface area contributed by atoms with E-state index >= 15 is 0 Å². The minimum absolute atomic E-state index is 0.0691. The molecule has 78 valence electrons. The minimum atomic E-state index is 0.0691. The van der Waals surface area contributed by atoms with Crippen LogP contribution in [0.5, 0.6) is 0 Å². The maximum absolute atomic E-state index is 9.17. The number of hydrogen-bond donors (Lipinski definition) is 1. The summed E-state index contributed by atoms with van der Waals surface area (Å²) in [4.78, 5) is 2.29. The zero-order valence-corrected chi connectivity index (χ0v) is 8.41. The van der Waals surface area contributed by atoms with Crippen molar-refractivity contribution in [2.75, 3.05) is 39.4 Å². The van der Waals surface area contributed by atoms with Crippen LogP contribution < -0.4 is 5.32 Å². The van der Waals surface area contributed by atoms with Gasteiger partial charge in [-0.15, -0.1) is 0 Å². The van der Waals surface area contributed by atoms with Crippen molar-refractivity contribution in [1.29, 1.82) is 5.26 Å². The molecule has 0 aromatic carbocycles. The number of nitriles is 1. The van der Waals surface area contributed by atoms with Crippen molar-refractivity contribution < 1.29 is 4.74 Å². The summed E-state index contributed by atoms with van der Waals surface area (Å²) in [5, 5.41) is 12.5. The van der Waals surface area contributed by atoms with Gasteiger partial charge in [0.05, 0.1) is 12.7 Å². The summed E-state index contributed by atoms with van der Waals surface area (Å²) in [5.74, 6) is 0.429. The van der Waals surface area contributed by atoms with E-state index in [0.29, 0.717) is 5.92 Å². The van der Waals surface area contributed by atoms with Crippen molar-refractivity contribution in [2.24, 2.45) is 5.92 Å². The molecule has 2 aliphatic heterocycles. The first kappa shape index (κ1) is 9.91. The Morgan fingerprint density at radius 1 is 1.43 bits per heavy atom. The molecule has 2 unspecified atom stereocenters. The summed E-state index contributed by atoms with van der Waals surface area (Å²) in [5.41, 5.74) is 0. The Morgan fingerprint density at radius 2 is 2.21 bits per heavy atom. The first-order chi connectivity index (χ1) is 6.92. The quantitative estimate of drug-likeness (QED) is 0.664. The van der Waals surface area contributed by atoms with Crippen LogP contribution in [0.1, 0.15) is 6.42 Å². The molecule has 4 nitrogen and oxygen atoms in total. The lowest BCUT2D eigenvalue weighted by Gasteiger charge is -2.33. The second kappa shape index (κ2) is 4.74. The van der Waals surface area contributed by atoms with E-state index in [-0.39, 0.29) is 6.04 Å². The SMILES string of the molecule is N#CC(C1CCOC1)N1CCNCC1. The molecule has 0 radical (unpaired) electrons. The minimum Gasteiger partial charge on any atom is -0.381 e. The largest absolute Gasteiger partial charge is 0.381 e. The first-order valence-electron chi connectivity index (χ1n) is 5.34. The Kier molecular flexibility index (Phi) is 3.35. The maximum Gasteiger partial charge on any atom is 0.103 e. The summed E-state index contributed by atoms with van der Waals surface area (Å²) < 4.78 is 5.34. The summed E-state index contributed by atoms with van der Waals surface area (Å²) in [6.45, 7) is 5.60. The average Bonchev–Trinajstić information content (AvgIpc) is 2.74. The molecule has 4 heteroatoms. The van der Waals surface area contributed by atoms with E-state index in [1.807, 2.05) is 0 Å². The van der Waals surface area contributed by atoms with Gasteiger partial charge >= 0.3 is 0 Å². The van der Waals surface area contributed by atoms with Crippen LogP contribution in [0.4, 0.5) is 0 Å². The van der Waals surface area contributed by atoms with Crippen LogP contribution in [-0.2, 0) is 4.74 Å². The fraction of sp³-hybridized carbons (Fsp3) is 0.900. The average molecular weight is 195 g/mol. The first-order valence-corrected chi connectivity index (χ1v) is 5.34. The summed E-state index contributed by atoms with van der Waals surface area (Å²) in [7, 11) is 0. The third-order valence-electron chi connectivity index (χ3n) is 3.09. The molecule has 2 heterocycles. The van der Waals surface area contributed by atoms with Gasteiger partial charge in [-0.2, -0.15) is 5.26 Å². The van der Waals surface area contributed by atoms with Crippen LogP contribution in [0.15, 0.2) is 0 Å². The molecule has 0 saturated carbocycles. The van der Waals surface area contributed by atoms with Gasteiger partial charge in [0.1, 0.15) is 6.04 Å². The molecule has 1 N–H and O–H groups in total. The second-order valence-electron chi connectivity index (χ2n) is 3.98. The van der Waals surface area contributed by atoms with Gasteiger partial charge in [-0.25, -0.2) is 0 Å². The van der Waals surface area contributed by atoms with Gasteiger partial charge in [-0.05, 0) is 6.42 Å². The fourth-order valence-corrected chi connectivity index (χ4v) is 2.25. The summed E-state index contributed by atoms with van der Waals surface area (Å²) >= 11 is 0. The Morgan fingerprint density at radius 3 is 2.79 bits per heavy atom. The number of rotatable bonds is 2. The summed E-state index contributed by atoms with van der Waals surface area (Å²) in [6, 6.07) is 2.50. The molecule has 0 spiro atoms. The maximum atomic E-state index is 9.17. The number of nitrogens with one attached hydrogen (secondary N) is 1. The molecular weight excluding hydrogens is 178 g/mol. The van der Waals surface area contributed by atoms with Gasteiger partial charge in [-0.3, -0.25) is 4.90 Å². The smallest absolute Gasteiger partial charge is 0.103 e. The zero-order valence-electron chi connectivity index (χ0n) is 8.41. The monoisotopic (exact) mass is 195 g/mol. The number of nitrogens with zero attached hydrogens (tertiary/aromatic N) is 2. The van der Waals surface area contributed by atoms with E-state index in [0.717, 1.165) is 45.8 Å². The van der Waals surface area contributed by atoms with E-state index in [2.05, 4.69) is 16.3 Å². The van der Waals surface area contributed by atoms with Gasteiger partial charge in [0.15, 0.2) is 0 Å². The van der Waals surface area contributed by atoms with Crippen molar-refractivity contribution in [3.05, 3.63) is 0 Å². The predicted molar refractivity (Wildman–Crippen MR) is 52.8 cm³/mol. The molecule has 0 amide bonds. The lowest BCUT2D eigenvalue weighted by Crippen LogP contribution is -2.50. The Bertz CT molecular complexity index is 214. The topological polar surface area (TPSA) is 48.3 Å². The number of ether oxygens (including phenoxy) is 1. The molecule has 0 aromatic heterocycles.